The Bertz CT molecular complexity index is 730. The van der Waals surface area contributed by atoms with E-state index in [9.17, 15) is 0 Å². The molecule has 3 rings (SSSR count). The SMILES string of the molecule is CCn1cc(CC(N)Cc2ccc3ccccc3c2)cn1. The molecule has 1 unspecified atom stereocenters. The van der Waals surface area contributed by atoms with Crippen LogP contribution in [-0.4, -0.2) is 15.8 Å². The van der Waals surface area contributed by atoms with Gasteiger partial charge in [-0.2, -0.15) is 5.10 Å². The summed E-state index contributed by atoms with van der Waals surface area (Å²) in [5, 5.41) is 6.85. The van der Waals surface area contributed by atoms with Gasteiger partial charge in [0.05, 0.1) is 6.20 Å². The molecule has 0 saturated carbocycles. The molecule has 0 radical (unpaired) electrons. The van der Waals surface area contributed by atoms with Crippen LogP contribution in [0, 0.1) is 0 Å². The first-order valence-electron chi connectivity index (χ1n) is 7.49. The molecule has 2 aromatic carbocycles. The summed E-state index contributed by atoms with van der Waals surface area (Å²) in [7, 11) is 0. The van der Waals surface area contributed by atoms with Crippen LogP contribution in [0.1, 0.15) is 18.1 Å². The lowest BCUT2D eigenvalue weighted by Crippen LogP contribution is -2.25. The van der Waals surface area contributed by atoms with E-state index in [1.165, 1.54) is 21.9 Å². The van der Waals surface area contributed by atoms with Crippen LogP contribution in [-0.2, 0) is 19.4 Å². The van der Waals surface area contributed by atoms with E-state index in [0.717, 1.165) is 19.4 Å². The highest BCUT2D eigenvalue weighted by atomic mass is 15.3. The number of fused-ring (bicyclic) bond motifs is 1. The predicted octanol–water partition coefficient (Wildman–Crippen LogP) is 3.17. The van der Waals surface area contributed by atoms with E-state index in [1.807, 2.05) is 10.9 Å². The number of aromatic nitrogens is 2. The van der Waals surface area contributed by atoms with Crippen molar-refractivity contribution >= 4 is 10.8 Å². The second-order valence-electron chi connectivity index (χ2n) is 5.55. The van der Waals surface area contributed by atoms with Crippen LogP contribution >= 0.6 is 0 Å². The van der Waals surface area contributed by atoms with Gasteiger partial charge in [-0.3, -0.25) is 4.68 Å². The molecule has 0 bridgehead atoms. The van der Waals surface area contributed by atoms with Gasteiger partial charge < -0.3 is 5.73 Å². The van der Waals surface area contributed by atoms with Crippen molar-refractivity contribution in [1.29, 1.82) is 0 Å². The molecule has 0 aliphatic rings. The average Bonchev–Trinajstić information content (AvgIpc) is 2.94. The Kier molecular flexibility index (Phi) is 4.02. The minimum atomic E-state index is 0.126. The zero-order valence-corrected chi connectivity index (χ0v) is 12.4. The molecule has 21 heavy (non-hydrogen) atoms. The van der Waals surface area contributed by atoms with Crippen molar-refractivity contribution in [2.75, 3.05) is 0 Å². The van der Waals surface area contributed by atoms with Crippen molar-refractivity contribution in [1.82, 2.24) is 9.78 Å². The third kappa shape index (κ3) is 3.31. The number of rotatable bonds is 5. The highest BCUT2D eigenvalue weighted by Gasteiger charge is 2.08. The molecule has 0 spiro atoms. The van der Waals surface area contributed by atoms with Crippen LogP contribution in [0.4, 0.5) is 0 Å². The van der Waals surface area contributed by atoms with Gasteiger partial charge in [-0.05, 0) is 41.7 Å². The Balaban J connectivity index is 1.69. The fourth-order valence-electron chi connectivity index (χ4n) is 2.73. The van der Waals surface area contributed by atoms with Gasteiger partial charge in [0.1, 0.15) is 0 Å². The van der Waals surface area contributed by atoms with Gasteiger partial charge in [0.15, 0.2) is 0 Å². The van der Waals surface area contributed by atoms with Crippen LogP contribution in [0.15, 0.2) is 54.9 Å². The first kappa shape index (κ1) is 13.8. The second-order valence-corrected chi connectivity index (χ2v) is 5.55. The maximum absolute atomic E-state index is 6.30. The molecule has 1 aromatic heterocycles. The van der Waals surface area contributed by atoms with Crippen molar-refractivity contribution in [3.05, 3.63) is 66.0 Å². The van der Waals surface area contributed by atoms with Crippen LogP contribution < -0.4 is 5.73 Å². The number of nitrogens with two attached hydrogens (primary N) is 1. The van der Waals surface area contributed by atoms with E-state index in [2.05, 4.69) is 60.7 Å². The average molecular weight is 279 g/mol. The van der Waals surface area contributed by atoms with E-state index in [1.54, 1.807) is 0 Å². The lowest BCUT2D eigenvalue weighted by Gasteiger charge is -2.11. The van der Waals surface area contributed by atoms with Crippen molar-refractivity contribution in [2.45, 2.75) is 32.4 Å². The highest BCUT2D eigenvalue weighted by molar-refractivity contribution is 5.82. The third-order valence-corrected chi connectivity index (χ3v) is 3.82. The number of hydrogen-bond acceptors (Lipinski definition) is 2. The van der Waals surface area contributed by atoms with E-state index in [0.29, 0.717) is 0 Å². The fourth-order valence-corrected chi connectivity index (χ4v) is 2.73. The molecule has 1 heterocycles. The zero-order chi connectivity index (χ0) is 14.7. The van der Waals surface area contributed by atoms with Crippen LogP contribution in [0.25, 0.3) is 10.8 Å². The van der Waals surface area contributed by atoms with Crippen LogP contribution in [0.5, 0.6) is 0 Å². The Morgan fingerprint density at radius 2 is 1.81 bits per heavy atom. The van der Waals surface area contributed by atoms with Crippen molar-refractivity contribution in [3.8, 4) is 0 Å². The van der Waals surface area contributed by atoms with Gasteiger partial charge >= 0.3 is 0 Å². The number of aryl methyl sites for hydroxylation is 1. The largest absolute Gasteiger partial charge is 0.327 e. The monoisotopic (exact) mass is 279 g/mol. The van der Waals surface area contributed by atoms with E-state index in [-0.39, 0.29) is 6.04 Å². The van der Waals surface area contributed by atoms with Gasteiger partial charge in [0, 0.05) is 18.8 Å². The van der Waals surface area contributed by atoms with E-state index >= 15 is 0 Å². The smallest absolute Gasteiger partial charge is 0.0522 e. The lowest BCUT2D eigenvalue weighted by atomic mass is 9.99. The van der Waals surface area contributed by atoms with E-state index in [4.69, 9.17) is 5.73 Å². The highest BCUT2D eigenvalue weighted by Crippen LogP contribution is 2.17. The van der Waals surface area contributed by atoms with Crippen LogP contribution in [0.3, 0.4) is 0 Å². The summed E-state index contributed by atoms with van der Waals surface area (Å²) >= 11 is 0. The van der Waals surface area contributed by atoms with Gasteiger partial charge in [-0.25, -0.2) is 0 Å². The Morgan fingerprint density at radius 3 is 2.57 bits per heavy atom. The van der Waals surface area contributed by atoms with Gasteiger partial charge in [0.25, 0.3) is 0 Å². The molecule has 3 aromatic rings. The maximum Gasteiger partial charge on any atom is 0.0522 e. The molecule has 0 saturated heterocycles. The molecule has 108 valence electrons. The van der Waals surface area contributed by atoms with E-state index < -0.39 is 0 Å². The standard InChI is InChI=1S/C18H21N3/c1-2-21-13-15(12-20-21)11-18(19)10-14-7-8-16-5-3-4-6-17(16)9-14/h3-9,12-13,18H,2,10-11,19H2,1H3. The molecule has 3 heteroatoms. The minimum absolute atomic E-state index is 0.126. The first-order chi connectivity index (χ1) is 10.2. The number of nitrogens with zero attached hydrogens (tertiary/aromatic N) is 2. The number of benzene rings is 2. The van der Waals surface area contributed by atoms with Crippen molar-refractivity contribution < 1.29 is 0 Å². The Hall–Kier alpha value is -2.13. The zero-order valence-electron chi connectivity index (χ0n) is 12.4. The maximum atomic E-state index is 6.30. The number of hydrogen-bond donors (Lipinski definition) is 1. The van der Waals surface area contributed by atoms with Crippen molar-refractivity contribution in [3.63, 3.8) is 0 Å². The predicted molar refractivity (Wildman–Crippen MR) is 87.2 cm³/mol. The Labute approximate surface area is 125 Å². The van der Waals surface area contributed by atoms with Gasteiger partial charge in [-0.1, -0.05) is 42.5 Å². The topological polar surface area (TPSA) is 43.8 Å². The molecule has 0 fully saturated rings. The molecule has 2 N–H and O–H groups in total. The third-order valence-electron chi connectivity index (χ3n) is 3.82. The molecule has 0 aliphatic carbocycles. The fraction of sp³-hybridized carbons (Fsp3) is 0.278. The lowest BCUT2D eigenvalue weighted by molar-refractivity contribution is 0.651. The summed E-state index contributed by atoms with van der Waals surface area (Å²) in [5.74, 6) is 0. The van der Waals surface area contributed by atoms with Crippen LogP contribution in [0.2, 0.25) is 0 Å². The molecule has 3 nitrogen and oxygen atoms in total. The summed E-state index contributed by atoms with van der Waals surface area (Å²) in [6.07, 6.45) is 5.76. The molecular weight excluding hydrogens is 258 g/mol. The molecule has 0 aliphatic heterocycles. The summed E-state index contributed by atoms with van der Waals surface area (Å²) in [6, 6.07) is 15.1. The molecular formula is C18H21N3. The normalized spacial score (nSPS) is 12.7. The van der Waals surface area contributed by atoms with Gasteiger partial charge in [-0.15, -0.1) is 0 Å². The summed E-state index contributed by atoms with van der Waals surface area (Å²) in [4.78, 5) is 0. The quantitative estimate of drug-likeness (QED) is 0.779. The minimum Gasteiger partial charge on any atom is -0.327 e. The second kappa shape index (κ2) is 6.10. The first-order valence-corrected chi connectivity index (χ1v) is 7.49. The molecule has 0 amide bonds. The molecule has 1 atom stereocenters. The summed E-state index contributed by atoms with van der Waals surface area (Å²) in [5.41, 5.74) is 8.80. The van der Waals surface area contributed by atoms with Gasteiger partial charge in [0.2, 0.25) is 0 Å². The Morgan fingerprint density at radius 1 is 1.05 bits per heavy atom. The van der Waals surface area contributed by atoms with Crippen molar-refractivity contribution in [2.24, 2.45) is 5.73 Å². The summed E-state index contributed by atoms with van der Waals surface area (Å²) in [6.45, 7) is 2.99. The summed E-state index contributed by atoms with van der Waals surface area (Å²) < 4.78 is 1.94.